The van der Waals surface area contributed by atoms with Gasteiger partial charge in [-0.2, -0.15) is 5.26 Å². The Bertz CT molecular complexity index is 517. The van der Waals surface area contributed by atoms with Gasteiger partial charge in [-0.15, -0.1) is 0 Å². The molecule has 8 heteroatoms. The predicted molar refractivity (Wildman–Crippen MR) is 70.1 cm³/mol. The number of hydrogen-bond acceptors (Lipinski definition) is 5. The number of aromatic nitrogens is 2. The molecule has 104 valence electrons. The SMILES string of the molecule is Cc1nc(C(=O)[O-])n(COCC[Si](C)(C)C)c1C#N.[K+]. The van der Waals surface area contributed by atoms with Crippen LogP contribution in [0.25, 0.3) is 0 Å². The Labute approximate surface area is 162 Å². The third-order valence-corrected chi connectivity index (χ3v) is 4.35. The van der Waals surface area contributed by atoms with Crippen molar-refractivity contribution < 1.29 is 66.0 Å². The molecule has 0 aliphatic rings. The molecule has 0 radical (unpaired) electrons. The number of nitriles is 1. The van der Waals surface area contributed by atoms with Crippen molar-refractivity contribution in [1.82, 2.24) is 9.55 Å². The normalized spacial score (nSPS) is 10.8. The second-order valence-corrected chi connectivity index (χ2v) is 11.2. The first-order valence-electron chi connectivity index (χ1n) is 6.02. The average Bonchev–Trinajstić information content (AvgIpc) is 2.60. The first kappa shape index (κ1) is 20.0. The second kappa shape index (κ2) is 8.43. The molecule has 0 N–H and O–H groups in total. The van der Waals surface area contributed by atoms with Crippen molar-refractivity contribution in [2.24, 2.45) is 0 Å². The van der Waals surface area contributed by atoms with E-state index in [0.29, 0.717) is 12.3 Å². The molecule has 0 aromatic carbocycles. The number of carbonyl (C=O) groups excluding carboxylic acids is 1. The van der Waals surface area contributed by atoms with Gasteiger partial charge in [-0.25, -0.2) is 4.98 Å². The number of carboxylic acid groups (broad SMARTS) is 1. The molecule has 1 aromatic heterocycles. The zero-order valence-corrected chi connectivity index (χ0v) is 16.8. The number of ether oxygens (including phenoxy) is 1. The van der Waals surface area contributed by atoms with Crippen molar-refractivity contribution in [3.63, 3.8) is 0 Å². The minimum atomic E-state index is -1.40. The fraction of sp³-hybridized carbons (Fsp3) is 0.583. The third kappa shape index (κ3) is 5.77. The molecule has 0 saturated carbocycles. The van der Waals surface area contributed by atoms with E-state index >= 15 is 0 Å². The van der Waals surface area contributed by atoms with Crippen LogP contribution in [0.5, 0.6) is 0 Å². The number of aromatic carboxylic acids is 1. The molecule has 0 amide bonds. The summed E-state index contributed by atoms with van der Waals surface area (Å²) in [5.41, 5.74) is 0.572. The monoisotopic (exact) mass is 319 g/mol. The van der Waals surface area contributed by atoms with E-state index in [-0.39, 0.29) is 69.6 Å². The Kier molecular flexibility index (Phi) is 8.42. The molecule has 1 rings (SSSR count). The van der Waals surface area contributed by atoms with Gasteiger partial charge >= 0.3 is 51.4 Å². The van der Waals surface area contributed by atoms with Crippen molar-refractivity contribution >= 4 is 14.0 Å². The summed E-state index contributed by atoms with van der Waals surface area (Å²) in [4.78, 5) is 14.8. The Morgan fingerprint density at radius 1 is 1.50 bits per heavy atom. The van der Waals surface area contributed by atoms with Gasteiger partial charge in [-0.1, -0.05) is 19.6 Å². The minimum absolute atomic E-state index is 0. The third-order valence-electron chi connectivity index (χ3n) is 2.65. The van der Waals surface area contributed by atoms with Crippen LogP contribution in [0.15, 0.2) is 0 Å². The average molecular weight is 319 g/mol. The molecule has 1 heterocycles. The number of imidazole rings is 1. The summed E-state index contributed by atoms with van der Waals surface area (Å²) in [5.74, 6) is -1.67. The van der Waals surface area contributed by atoms with Crippen molar-refractivity contribution in [2.45, 2.75) is 39.3 Å². The molecule has 1 aromatic rings. The van der Waals surface area contributed by atoms with E-state index in [9.17, 15) is 9.90 Å². The van der Waals surface area contributed by atoms with Gasteiger partial charge in [-0.05, 0) is 13.0 Å². The van der Waals surface area contributed by atoms with Crippen molar-refractivity contribution in [3.8, 4) is 6.07 Å². The number of nitrogens with zero attached hydrogens (tertiary/aromatic N) is 3. The van der Waals surface area contributed by atoms with Gasteiger partial charge in [0, 0.05) is 14.7 Å². The van der Waals surface area contributed by atoms with Crippen LogP contribution in [0.1, 0.15) is 22.0 Å². The van der Waals surface area contributed by atoms with Gasteiger partial charge in [0.25, 0.3) is 0 Å². The van der Waals surface area contributed by atoms with Crippen LogP contribution in [0.3, 0.4) is 0 Å². The fourth-order valence-electron chi connectivity index (χ4n) is 1.53. The maximum Gasteiger partial charge on any atom is 1.00 e. The van der Waals surface area contributed by atoms with Gasteiger partial charge < -0.3 is 14.6 Å². The van der Waals surface area contributed by atoms with Crippen LogP contribution >= 0.6 is 0 Å². The Morgan fingerprint density at radius 3 is 2.55 bits per heavy atom. The first-order chi connectivity index (χ1) is 8.76. The molecule has 0 fully saturated rings. The molecular formula is C12H18KN3O3Si. The van der Waals surface area contributed by atoms with E-state index in [2.05, 4.69) is 24.6 Å². The first-order valence-corrected chi connectivity index (χ1v) is 9.73. The fourth-order valence-corrected chi connectivity index (χ4v) is 2.29. The Hall–Kier alpha value is -0.0168. The molecule has 0 aliphatic heterocycles. The maximum atomic E-state index is 10.9. The van der Waals surface area contributed by atoms with E-state index in [1.165, 1.54) is 4.57 Å². The quantitative estimate of drug-likeness (QED) is 0.436. The maximum absolute atomic E-state index is 10.9. The van der Waals surface area contributed by atoms with E-state index in [4.69, 9.17) is 10.00 Å². The van der Waals surface area contributed by atoms with Crippen LogP contribution in [-0.4, -0.2) is 30.2 Å². The molecule has 0 spiro atoms. The molecule has 0 aliphatic carbocycles. The van der Waals surface area contributed by atoms with Crippen LogP contribution in [0.2, 0.25) is 25.7 Å². The number of carboxylic acids is 1. The molecule has 0 unspecified atom stereocenters. The van der Waals surface area contributed by atoms with Gasteiger partial charge in [0.2, 0.25) is 0 Å². The Morgan fingerprint density at radius 2 is 2.10 bits per heavy atom. The topological polar surface area (TPSA) is 91.0 Å². The summed E-state index contributed by atoms with van der Waals surface area (Å²) in [6.07, 6.45) is 0. The number of hydrogen-bond donors (Lipinski definition) is 0. The number of rotatable bonds is 6. The van der Waals surface area contributed by atoms with E-state index in [1.807, 2.05) is 6.07 Å². The summed E-state index contributed by atoms with van der Waals surface area (Å²) in [7, 11) is -1.19. The van der Waals surface area contributed by atoms with Crippen LogP contribution in [-0.2, 0) is 11.5 Å². The van der Waals surface area contributed by atoms with Gasteiger partial charge in [0.1, 0.15) is 24.5 Å². The number of carbonyl (C=O) groups is 1. The van der Waals surface area contributed by atoms with Gasteiger partial charge in [0.05, 0.1) is 5.69 Å². The Balaban J connectivity index is 0.00000361. The summed E-state index contributed by atoms with van der Waals surface area (Å²) in [6, 6.07) is 2.91. The van der Waals surface area contributed by atoms with Crippen LogP contribution in [0, 0.1) is 18.3 Å². The molecule has 0 atom stereocenters. The second-order valence-electron chi connectivity index (χ2n) is 5.54. The molecule has 6 nitrogen and oxygen atoms in total. The molecular weight excluding hydrogens is 301 g/mol. The standard InChI is InChI=1S/C12H19N3O3Si.K/c1-9-10(7-13)15(11(14-9)12(16)17)8-18-5-6-19(2,3)4;/h5-6,8H2,1-4H3,(H,16,17);/q;+1/p-1. The van der Waals surface area contributed by atoms with Crippen molar-refractivity contribution in [2.75, 3.05) is 6.61 Å². The molecule has 20 heavy (non-hydrogen) atoms. The van der Waals surface area contributed by atoms with Crippen molar-refractivity contribution in [1.29, 1.82) is 5.26 Å². The van der Waals surface area contributed by atoms with E-state index in [1.54, 1.807) is 6.92 Å². The van der Waals surface area contributed by atoms with E-state index in [0.717, 1.165) is 6.04 Å². The van der Waals surface area contributed by atoms with Crippen molar-refractivity contribution in [3.05, 3.63) is 17.2 Å². The van der Waals surface area contributed by atoms with Gasteiger partial charge in [0.15, 0.2) is 5.82 Å². The summed E-state index contributed by atoms with van der Waals surface area (Å²) < 4.78 is 6.70. The van der Waals surface area contributed by atoms with Crippen LogP contribution < -0.4 is 56.5 Å². The summed E-state index contributed by atoms with van der Waals surface area (Å²) >= 11 is 0. The minimum Gasteiger partial charge on any atom is -0.542 e. The zero-order chi connectivity index (χ0) is 14.6. The van der Waals surface area contributed by atoms with E-state index < -0.39 is 14.0 Å². The largest absolute Gasteiger partial charge is 1.00 e. The molecule has 0 saturated heterocycles. The predicted octanol–water partition coefficient (Wildman–Crippen LogP) is -2.26. The van der Waals surface area contributed by atoms with Crippen LogP contribution in [0.4, 0.5) is 0 Å². The van der Waals surface area contributed by atoms with Gasteiger partial charge in [-0.3, -0.25) is 4.57 Å². The molecule has 0 bridgehead atoms. The summed E-state index contributed by atoms with van der Waals surface area (Å²) in [6.45, 7) is 8.83. The number of aryl methyl sites for hydroxylation is 1. The smallest absolute Gasteiger partial charge is 0.542 e. The summed E-state index contributed by atoms with van der Waals surface area (Å²) in [5, 5.41) is 19.9. The zero-order valence-electron chi connectivity index (χ0n) is 12.7.